The zero-order valence-electron chi connectivity index (χ0n) is 18.1. The van der Waals surface area contributed by atoms with Crippen LogP contribution in [0.3, 0.4) is 0 Å². The number of fused-ring (bicyclic) bond motifs is 1. The van der Waals surface area contributed by atoms with E-state index in [0.717, 1.165) is 11.1 Å². The van der Waals surface area contributed by atoms with Gasteiger partial charge in [-0.05, 0) is 38.1 Å². The van der Waals surface area contributed by atoms with E-state index in [1.807, 2.05) is 31.2 Å². The Bertz CT molecular complexity index is 1340. The molecular formula is C24H21ClN4O3. The highest BCUT2D eigenvalue weighted by Crippen LogP contribution is 2.29. The largest absolute Gasteiger partial charge is 0.345 e. The van der Waals surface area contributed by atoms with E-state index in [-0.39, 0.29) is 11.6 Å². The predicted octanol–water partition coefficient (Wildman–Crippen LogP) is 5.11. The number of anilines is 1. The molecule has 8 heteroatoms. The number of pyridine rings is 1. The van der Waals surface area contributed by atoms with Crippen LogP contribution < -0.4 is 5.32 Å². The van der Waals surface area contributed by atoms with Crippen molar-refractivity contribution >= 4 is 40.2 Å². The number of aryl methyl sites for hydroxylation is 2. The smallest absolute Gasteiger partial charge is 0.259 e. The van der Waals surface area contributed by atoms with Gasteiger partial charge < -0.3 is 14.7 Å². The molecule has 2 aromatic heterocycles. The molecule has 0 unspecified atom stereocenters. The van der Waals surface area contributed by atoms with Crippen LogP contribution in [-0.4, -0.2) is 41.0 Å². The molecule has 162 valence electrons. The minimum atomic E-state index is -0.409. The minimum Gasteiger partial charge on any atom is -0.345 e. The van der Waals surface area contributed by atoms with Crippen LogP contribution in [0.2, 0.25) is 5.02 Å². The Hall–Kier alpha value is -3.71. The second-order valence-corrected chi connectivity index (χ2v) is 8.12. The Morgan fingerprint density at radius 3 is 2.44 bits per heavy atom. The van der Waals surface area contributed by atoms with Crippen molar-refractivity contribution in [1.29, 1.82) is 0 Å². The molecule has 32 heavy (non-hydrogen) atoms. The molecule has 2 amide bonds. The average molecular weight is 449 g/mol. The predicted molar refractivity (Wildman–Crippen MR) is 124 cm³/mol. The number of hydrogen-bond acceptors (Lipinski definition) is 5. The molecule has 0 saturated carbocycles. The van der Waals surface area contributed by atoms with Crippen LogP contribution >= 0.6 is 11.6 Å². The van der Waals surface area contributed by atoms with E-state index in [1.54, 1.807) is 45.3 Å². The summed E-state index contributed by atoms with van der Waals surface area (Å²) in [6.07, 6.45) is 0. The summed E-state index contributed by atoms with van der Waals surface area (Å²) in [4.78, 5) is 31.6. The Labute approximate surface area is 190 Å². The quantitative estimate of drug-likeness (QED) is 0.468. The normalized spacial score (nSPS) is 10.9. The van der Waals surface area contributed by atoms with Crippen molar-refractivity contribution in [2.75, 3.05) is 19.4 Å². The second-order valence-electron chi connectivity index (χ2n) is 7.72. The lowest BCUT2D eigenvalue weighted by Gasteiger charge is -2.13. The first kappa shape index (κ1) is 21.5. The summed E-state index contributed by atoms with van der Waals surface area (Å²) in [5.41, 5.74) is 4.47. The average Bonchev–Trinajstić information content (AvgIpc) is 3.15. The number of benzene rings is 2. The SMILES string of the molecule is Cc1ccc(-c2cc(C(=O)Nc3cc(C(=O)N(C)C)ccc3Cl)c3c(C)noc3n2)cc1. The van der Waals surface area contributed by atoms with Gasteiger partial charge in [-0.25, -0.2) is 4.98 Å². The number of nitrogens with one attached hydrogen (secondary N) is 1. The molecule has 4 aromatic rings. The standard InChI is InChI=1S/C24H21ClN4O3/c1-13-5-7-15(8-6-13)19-12-17(21-14(2)28-32-23(21)27-19)22(30)26-20-11-16(9-10-18(20)25)24(31)29(3)4/h5-12H,1-4H3,(H,26,30). The van der Waals surface area contributed by atoms with Crippen molar-refractivity contribution in [3.63, 3.8) is 0 Å². The maximum atomic E-state index is 13.3. The lowest BCUT2D eigenvalue weighted by atomic mass is 10.0. The molecular weight excluding hydrogens is 428 g/mol. The second kappa shape index (κ2) is 8.43. The van der Waals surface area contributed by atoms with Gasteiger partial charge in [0.15, 0.2) is 0 Å². The summed E-state index contributed by atoms with van der Waals surface area (Å²) in [6, 6.07) is 14.3. The molecule has 0 aliphatic carbocycles. The number of amides is 2. The first-order chi connectivity index (χ1) is 15.2. The van der Waals surface area contributed by atoms with E-state index in [1.165, 1.54) is 4.90 Å². The van der Waals surface area contributed by atoms with E-state index in [4.69, 9.17) is 16.1 Å². The van der Waals surface area contributed by atoms with Crippen LogP contribution in [0.1, 0.15) is 32.0 Å². The molecule has 0 radical (unpaired) electrons. The van der Waals surface area contributed by atoms with Gasteiger partial charge in [0.25, 0.3) is 17.5 Å². The number of aromatic nitrogens is 2. The van der Waals surface area contributed by atoms with Crippen molar-refractivity contribution in [3.05, 3.63) is 75.9 Å². The van der Waals surface area contributed by atoms with Crippen LogP contribution in [0.25, 0.3) is 22.4 Å². The Kier molecular flexibility index (Phi) is 5.67. The van der Waals surface area contributed by atoms with Crippen molar-refractivity contribution < 1.29 is 14.1 Å². The molecule has 0 saturated heterocycles. The maximum Gasteiger partial charge on any atom is 0.259 e. The highest BCUT2D eigenvalue weighted by molar-refractivity contribution is 6.34. The van der Waals surface area contributed by atoms with Gasteiger partial charge in [-0.3, -0.25) is 9.59 Å². The van der Waals surface area contributed by atoms with Crippen molar-refractivity contribution in [2.45, 2.75) is 13.8 Å². The summed E-state index contributed by atoms with van der Waals surface area (Å²) in [6.45, 7) is 3.75. The number of nitrogens with zero attached hydrogens (tertiary/aromatic N) is 3. The third-order valence-electron chi connectivity index (χ3n) is 5.08. The van der Waals surface area contributed by atoms with E-state index in [2.05, 4.69) is 15.5 Å². The van der Waals surface area contributed by atoms with Crippen molar-refractivity contribution in [2.24, 2.45) is 0 Å². The molecule has 2 heterocycles. The van der Waals surface area contributed by atoms with Crippen LogP contribution in [-0.2, 0) is 0 Å². The Morgan fingerprint density at radius 2 is 1.75 bits per heavy atom. The summed E-state index contributed by atoms with van der Waals surface area (Å²) < 4.78 is 5.36. The molecule has 0 spiro atoms. The van der Waals surface area contributed by atoms with Gasteiger partial charge in [0.05, 0.1) is 33.0 Å². The van der Waals surface area contributed by atoms with Crippen LogP contribution in [0.4, 0.5) is 5.69 Å². The summed E-state index contributed by atoms with van der Waals surface area (Å²) in [5.74, 6) is -0.603. The van der Waals surface area contributed by atoms with Gasteiger partial charge in [0.1, 0.15) is 0 Å². The lowest BCUT2D eigenvalue weighted by Crippen LogP contribution is -2.22. The molecule has 0 bridgehead atoms. The van der Waals surface area contributed by atoms with Gasteiger partial charge in [-0.15, -0.1) is 0 Å². The van der Waals surface area contributed by atoms with E-state index < -0.39 is 5.91 Å². The highest BCUT2D eigenvalue weighted by atomic mass is 35.5. The fraction of sp³-hybridized carbons (Fsp3) is 0.167. The lowest BCUT2D eigenvalue weighted by molar-refractivity contribution is 0.0827. The molecule has 7 nitrogen and oxygen atoms in total. The zero-order valence-corrected chi connectivity index (χ0v) is 18.8. The number of halogens is 1. The molecule has 0 aliphatic rings. The fourth-order valence-electron chi connectivity index (χ4n) is 3.35. The Balaban J connectivity index is 1.77. The number of hydrogen-bond donors (Lipinski definition) is 1. The van der Waals surface area contributed by atoms with Crippen LogP contribution in [0, 0.1) is 13.8 Å². The van der Waals surface area contributed by atoms with Gasteiger partial charge in [-0.2, -0.15) is 0 Å². The zero-order chi connectivity index (χ0) is 23.0. The maximum absolute atomic E-state index is 13.3. The summed E-state index contributed by atoms with van der Waals surface area (Å²) in [7, 11) is 3.31. The highest BCUT2D eigenvalue weighted by Gasteiger charge is 2.21. The van der Waals surface area contributed by atoms with Gasteiger partial charge in [0.2, 0.25) is 0 Å². The van der Waals surface area contributed by atoms with Crippen molar-refractivity contribution in [3.8, 4) is 11.3 Å². The molecule has 4 rings (SSSR count). The fourth-order valence-corrected chi connectivity index (χ4v) is 3.51. The van der Waals surface area contributed by atoms with Gasteiger partial charge >= 0.3 is 0 Å². The van der Waals surface area contributed by atoms with Gasteiger partial charge in [0, 0.05) is 25.2 Å². The molecule has 0 atom stereocenters. The molecule has 0 aliphatic heterocycles. The molecule has 0 fully saturated rings. The number of rotatable bonds is 4. The van der Waals surface area contributed by atoms with Crippen molar-refractivity contribution in [1.82, 2.24) is 15.0 Å². The first-order valence-corrected chi connectivity index (χ1v) is 10.3. The van der Waals surface area contributed by atoms with Crippen LogP contribution in [0.15, 0.2) is 53.1 Å². The molecule has 1 N–H and O–H groups in total. The third kappa shape index (κ3) is 4.07. The van der Waals surface area contributed by atoms with E-state index in [0.29, 0.717) is 38.6 Å². The van der Waals surface area contributed by atoms with Crippen LogP contribution in [0.5, 0.6) is 0 Å². The van der Waals surface area contributed by atoms with Gasteiger partial charge in [-0.1, -0.05) is 46.6 Å². The minimum absolute atomic E-state index is 0.194. The van der Waals surface area contributed by atoms with E-state index >= 15 is 0 Å². The first-order valence-electron chi connectivity index (χ1n) is 9.91. The number of carbonyl (C=O) groups is 2. The summed E-state index contributed by atoms with van der Waals surface area (Å²) >= 11 is 6.30. The summed E-state index contributed by atoms with van der Waals surface area (Å²) in [5, 5.41) is 7.64. The molecule has 2 aromatic carbocycles. The monoisotopic (exact) mass is 448 g/mol. The number of carbonyl (C=O) groups excluding carboxylic acids is 2. The van der Waals surface area contributed by atoms with E-state index in [9.17, 15) is 9.59 Å². The topological polar surface area (TPSA) is 88.3 Å². The third-order valence-corrected chi connectivity index (χ3v) is 5.41. The Morgan fingerprint density at radius 1 is 1.03 bits per heavy atom.